The molecule has 1 atom stereocenters. The van der Waals surface area contributed by atoms with Crippen molar-refractivity contribution in [3.05, 3.63) is 30.1 Å². The van der Waals surface area contributed by atoms with Gasteiger partial charge in [-0.05, 0) is 18.6 Å². The van der Waals surface area contributed by atoms with Gasteiger partial charge in [0, 0.05) is 6.26 Å². The van der Waals surface area contributed by atoms with Crippen LogP contribution < -0.4 is 4.72 Å². The fraction of sp³-hybridized carbons (Fsp3) is 0.364. The van der Waals surface area contributed by atoms with E-state index in [0.717, 1.165) is 18.4 Å². The molecule has 0 spiro atoms. The van der Waals surface area contributed by atoms with Crippen molar-refractivity contribution in [1.29, 1.82) is 0 Å². The summed E-state index contributed by atoms with van der Waals surface area (Å²) in [6, 6.07) is 2.80. The smallest absolute Gasteiger partial charge is 0.321 e. The molecule has 0 aromatic heterocycles. The van der Waals surface area contributed by atoms with E-state index in [1.54, 1.807) is 4.72 Å². The lowest BCUT2D eigenvalue weighted by atomic mass is 10.2. The van der Waals surface area contributed by atoms with Crippen molar-refractivity contribution in [2.24, 2.45) is 0 Å². The van der Waals surface area contributed by atoms with Gasteiger partial charge in [0.2, 0.25) is 10.0 Å². The molecule has 0 aliphatic carbocycles. The fourth-order valence-electron chi connectivity index (χ4n) is 1.48. The third-order valence-corrected chi connectivity index (χ3v) is 4.98. The van der Waals surface area contributed by atoms with Crippen LogP contribution in [0.2, 0.25) is 0 Å². The molecule has 21 heavy (non-hydrogen) atoms. The second-order valence-electron chi connectivity index (χ2n) is 4.36. The van der Waals surface area contributed by atoms with E-state index in [2.05, 4.69) is 0 Å². The number of rotatable bonds is 7. The second-order valence-corrected chi connectivity index (χ2v) is 8.30. The number of hydrogen-bond acceptors (Lipinski definition) is 5. The second kappa shape index (κ2) is 6.50. The van der Waals surface area contributed by atoms with Crippen LogP contribution in [0.15, 0.2) is 29.2 Å². The number of carbonyl (C=O) groups is 1. The fourth-order valence-corrected chi connectivity index (χ4v) is 3.44. The number of nitrogens with one attached hydrogen (secondary N) is 1. The van der Waals surface area contributed by atoms with Gasteiger partial charge in [-0.15, -0.1) is 0 Å². The van der Waals surface area contributed by atoms with Crippen LogP contribution in [0.4, 0.5) is 4.39 Å². The summed E-state index contributed by atoms with van der Waals surface area (Å²) in [4.78, 5) is 10.3. The van der Waals surface area contributed by atoms with Gasteiger partial charge in [0.25, 0.3) is 0 Å². The van der Waals surface area contributed by atoms with E-state index in [4.69, 9.17) is 5.11 Å². The van der Waals surface area contributed by atoms with Crippen LogP contribution in [0, 0.1) is 5.82 Å². The zero-order chi connectivity index (χ0) is 16.3. The largest absolute Gasteiger partial charge is 0.480 e. The SMILES string of the molecule is CS(=O)(=O)CCC(NS(=O)(=O)c1ccccc1F)C(=O)O. The average molecular weight is 339 g/mol. The molecule has 0 aliphatic rings. The summed E-state index contributed by atoms with van der Waals surface area (Å²) in [6.45, 7) is 0. The Balaban J connectivity index is 2.98. The molecule has 0 saturated carbocycles. The normalized spacial score (nSPS) is 13.8. The van der Waals surface area contributed by atoms with Gasteiger partial charge >= 0.3 is 5.97 Å². The summed E-state index contributed by atoms with van der Waals surface area (Å²) >= 11 is 0. The monoisotopic (exact) mass is 339 g/mol. The number of aliphatic carboxylic acids is 1. The van der Waals surface area contributed by atoms with Gasteiger partial charge in [-0.3, -0.25) is 4.79 Å². The van der Waals surface area contributed by atoms with E-state index in [-0.39, 0.29) is 0 Å². The highest BCUT2D eigenvalue weighted by molar-refractivity contribution is 7.90. The summed E-state index contributed by atoms with van der Waals surface area (Å²) in [5.41, 5.74) is 0. The Labute approximate surface area is 121 Å². The van der Waals surface area contributed by atoms with Crippen molar-refractivity contribution in [3.8, 4) is 0 Å². The highest BCUT2D eigenvalue weighted by Crippen LogP contribution is 2.14. The molecule has 2 N–H and O–H groups in total. The first-order valence-electron chi connectivity index (χ1n) is 5.70. The molecular formula is C11H14FNO6S2. The first kappa shape index (κ1) is 17.5. The maximum atomic E-state index is 13.4. The highest BCUT2D eigenvalue weighted by atomic mass is 32.2. The number of benzene rings is 1. The van der Waals surface area contributed by atoms with E-state index >= 15 is 0 Å². The standard InChI is InChI=1S/C11H14FNO6S2/c1-20(16,17)7-6-9(11(14)15)13-21(18,19)10-5-3-2-4-8(10)12/h2-5,9,13H,6-7H2,1H3,(H,14,15). The van der Waals surface area contributed by atoms with Crippen molar-refractivity contribution in [1.82, 2.24) is 4.72 Å². The molecule has 10 heteroatoms. The summed E-state index contributed by atoms with van der Waals surface area (Å²) in [5, 5.41) is 8.93. The molecule has 0 radical (unpaired) electrons. The first-order valence-corrected chi connectivity index (χ1v) is 9.25. The third kappa shape index (κ3) is 5.40. The lowest BCUT2D eigenvalue weighted by molar-refractivity contribution is -0.139. The quantitative estimate of drug-likeness (QED) is 0.721. The lowest BCUT2D eigenvalue weighted by Crippen LogP contribution is -2.42. The van der Waals surface area contributed by atoms with Crippen LogP contribution in [0.5, 0.6) is 0 Å². The summed E-state index contributed by atoms with van der Waals surface area (Å²) in [5.74, 6) is -3.08. The summed E-state index contributed by atoms with van der Waals surface area (Å²) < 4.78 is 61.1. The Kier molecular flexibility index (Phi) is 5.42. The minimum atomic E-state index is -4.40. The van der Waals surface area contributed by atoms with E-state index in [1.165, 1.54) is 12.1 Å². The molecule has 0 amide bonds. The highest BCUT2D eigenvalue weighted by Gasteiger charge is 2.27. The topological polar surface area (TPSA) is 118 Å². The van der Waals surface area contributed by atoms with Crippen molar-refractivity contribution >= 4 is 25.8 Å². The molecule has 118 valence electrons. The average Bonchev–Trinajstić information content (AvgIpc) is 2.33. The van der Waals surface area contributed by atoms with Gasteiger partial charge in [0.15, 0.2) is 0 Å². The predicted molar refractivity (Wildman–Crippen MR) is 72.5 cm³/mol. The summed E-state index contributed by atoms with van der Waals surface area (Å²) in [7, 11) is -7.86. The van der Waals surface area contributed by atoms with Crippen molar-refractivity contribution in [2.45, 2.75) is 17.4 Å². The Bertz CT molecular complexity index is 729. The molecule has 1 aromatic carbocycles. The maximum Gasteiger partial charge on any atom is 0.321 e. The molecule has 1 unspecified atom stereocenters. The molecule has 0 bridgehead atoms. The number of carboxylic acid groups (broad SMARTS) is 1. The number of sulfone groups is 1. The Hall–Kier alpha value is -1.52. The molecule has 0 saturated heterocycles. The van der Waals surface area contributed by atoms with Gasteiger partial charge < -0.3 is 5.11 Å². The van der Waals surface area contributed by atoms with Crippen molar-refractivity contribution in [3.63, 3.8) is 0 Å². The Morgan fingerprint density at radius 2 is 1.86 bits per heavy atom. The van der Waals surface area contributed by atoms with E-state index in [1.807, 2.05) is 0 Å². The van der Waals surface area contributed by atoms with Crippen LogP contribution in [0.1, 0.15) is 6.42 Å². The Morgan fingerprint density at radius 1 is 1.29 bits per heavy atom. The summed E-state index contributed by atoms with van der Waals surface area (Å²) in [6.07, 6.45) is 0.444. The number of sulfonamides is 1. The van der Waals surface area contributed by atoms with Gasteiger partial charge in [0.05, 0.1) is 5.75 Å². The number of halogens is 1. The maximum absolute atomic E-state index is 13.4. The molecule has 0 fully saturated rings. The van der Waals surface area contributed by atoms with Crippen LogP contribution >= 0.6 is 0 Å². The van der Waals surface area contributed by atoms with Crippen LogP contribution in [0.25, 0.3) is 0 Å². The third-order valence-electron chi connectivity index (χ3n) is 2.50. The molecule has 1 rings (SSSR count). The number of carboxylic acids is 1. The lowest BCUT2D eigenvalue weighted by Gasteiger charge is -2.14. The van der Waals surface area contributed by atoms with E-state index < -0.39 is 54.8 Å². The van der Waals surface area contributed by atoms with E-state index in [0.29, 0.717) is 0 Å². The predicted octanol–water partition coefficient (Wildman–Crippen LogP) is -0.00810. The zero-order valence-electron chi connectivity index (χ0n) is 11.0. The minimum Gasteiger partial charge on any atom is -0.480 e. The molecule has 0 aliphatic heterocycles. The molecule has 0 heterocycles. The van der Waals surface area contributed by atoms with Crippen molar-refractivity contribution < 1.29 is 31.1 Å². The minimum absolute atomic E-state index is 0.456. The molecular weight excluding hydrogens is 325 g/mol. The number of hydrogen-bond donors (Lipinski definition) is 2. The van der Waals surface area contributed by atoms with Gasteiger partial charge in [0.1, 0.15) is 26.6 Å². The van der Waals surface area contributed by atoms with Gasteiger partial charge in [-0.1, -0.05) is 12.1 Å². The Morgan fingerprint density at radius 3 is 2.33 bits per heavy atom. The van der Waals surface area contributed by atoms with Crippen LogP contribution in [0.3, 0.4) is 0 Å². The molecule has 1 aromatic rings. The van der Waals surface area contributed by atoms with Crippen LogP contribution in [-0.4, -0.2) is 46.0 Å². The van der Waals surface area contributed by atoms with E-state index in [9.17, 15) is 26.0 Å². The zero-order valence-corrected chi connectivity index (χ0v) is 12.6. The van der Waals surface area contributed by atoms with Crippen molar-refractivity contribution in [2.75, 3.05) is 12.0 Å². The van der Waals surface area contributed by atoms with Gasteiger partial charge in [-0.25, -0.2) is 21.2 Å². The van der Waals surface area contributed by atoms with Crippen LogP contribution in [-0.2, 0) is 24.7 Å². The van der Waals surface area contributed by atoms with Gasteiger partial charge in [-0.2, -0.15) is 4.72 Å². The first-order chi connectivity index (χ1) is 9.53. The molecule has 7 nitrogen and oxygen atoms in total.